The summed E-state index contributed by atoms with van der Waals surface area (Å²) >= 11 is 6.04. The molecule has 20 heavy (non-hydrogen) atoms. The third-order valence-electron chi connectivity index (χ3n) is 2.97. The topological polar surface area (TPSA) is 25.8 Å². The van der Waals surface area contributed by atoms with Gasteiger partial charge >= 0.3 is 0 Å². The van der Waals surface area contributed by atoms with Crippen LogP contribution in [0.3, 0.4) is 0 Å². The third-order valence-corrected chi connectivity index (χ3v) is 3.26. The Bertz CT molecular complexity index is 818. The van der Waals surface area contributed by atoms with Crippen molar-refractivity contribution < 1.29 is 8.78 Å². The van der Waals surface area contributed by atoms with E-state index < -0.39 is 11.6 Å². The van der Waals surface area contributed by atoms with E-state index in [1.165, 1.54) is 0 Å². The SMILES string of the molecule is Cc1cccc(-c2nc(Cl)c3cc(F)c(F)cc3n2)c1. The molecule has 0 spiro atoms. The molecule has 0 radical (unpaired) electrons. The molecule has 1 aromatic heterocycles. The van der Waals surface area contributed by atoms with Crippen LogP contribution < -0.4 is 0 Å². The van der Waals surface area contributed by atoms with Gasteiger partial charge in [-0.05, 0) is 19.1 Å². The van der Waals surface area contributed by atoms with E-state index in [1.54, 1.807) is 0 Å². The monoisotopic (exact) mass is 290 g/mol. The van der Waals surface area contributed by atoms with Crippen molar-refractivity contribution in [3.63, 3.8) is 0 Å². The quantitative estimate of drug-likeness (QED) is 0.615. The van der Waals surface area contributed by atoms with Crippen LogP contribution in [0.25, 0.3) is 22.3 Å². The van der Waals surface area contributed by atoms with Gasteiger partial charge in [-0.3, -0.25) is 0 Å². The lowest BCUT2D eigenvalue weighted by atomic mass is 10.1. The maximum atomic E-state index is 13.3. The number of hydrogen-bond donors (Lipinski definition) is 0. The Labute approximate surface area is 119 Å². The second kappa shape index (κ2) is 4.80. The molecule has 100 valence electrons. The number of hydrogen-bond acceptors (Lipinski definition) is 2. The van der Waals surface area contributed by atoms with E-state index in [-0.39, 0.29) is 10.7 Å². The Morgan fingerprint density at radius 2 is 1.75 bits per heavy atom. The van der Waals surface area contributed by atoms with Crippen LogP contribution in [0.1, 0.15) is 5.56 Å². The highest BCUT2D eigenvalue weighted by atomic mass is 35.5. The van der Waals surface area contributed by atoms with Crippen LogP contribution in [0.15, 0.2) is 36.4 Å². The molecule has 0 saturated carbocycles. The van der Waals surface area contributed by atoms with E-state index in [0.29, 0.717) is 11.2 Å². The van der Waals surface area contributed by atoms with Gasteiger partial charge in [-0.25, -0.2) is 18.7 Å². The Morgan fingerprint density at radius 3 is 2.50 bits per heavy atom. The highest BCUT2D eigenvalue weighted by Gasteiger charge is 2.12. The molecule has 0 aliphatic heterocycles. The summed E-state index contributed by atoms with van der Waals surface area (Å²) in [5.74, 6) is -1.54. The Balaban J connectivity index is 2.26. The van der Waals surface area contributed by atoms with Crippen molar-refractivity contribution in [3.8, 4) is 11.4 Å². The van der Waals surface area contributed by atoms with E-state index in [9.17, 15) is 8.78 Å². The van der Waals surface area contributed by atoms with E-state index in [0.717, 1.165) is 23.3 Å². The Kier molecular flexibility index (Phi) is 3.10. The molecule has 5 heteroatoms. The highest BCUT2D eigenvalue weighted by Crippen LogP contribution is 2.26. The molecule has 2 nitrogen and oxygen atoms in total. The first kappa shape index (κ1) is 12.9. The molecule has 0 unspecified atom stereocenters. The molecular formula is C15H9ClF2N2. The molecule has 3 rings (SSSR count). The van der Waals surface area contributed by atoms with Gasteiger partial charge in [-0.1, -0.05) is 35.4 Å². The fourth-order valence-corrected chi connectivity index (χ4v) is 2.23. The van der Waals surface area contributed by atoms with Crippen molar-refractivity contribution in [1.82, 2.24) is 9.97 Å². The molecule has 1 heterocycles. The molecule has 0 fully saturated rings. The fourth-order valence-electron chi connectivity index (χ4n) is 2.00. The van der Waals surface area contributed by atoms with E-state index >= 15 is 0 Å². The number of benzene rings is 2. The van der Waals surface area contributed by atoms with Crippen molar-refractivity contribution in [1.29, 1.82) is 0 Å². The summed E-state index contributed by atoms with van der Waals surface area (Å²) in [5, 5.41) is 0.396. The molecule has 3 aromatic rings. The first-order chi connectivity index (χ1) is 9.54. The van der Waals surface area contributed by atoms with E-state index in [1.807, 2.05) is 31.2 Å². The lowest BCUT2D eigenvalue weighted by Gasteiger charge is -2.06. The van der Waals surface area contributed by atoms with Gasteiger partial charge in [0, 0.05) is 17.0 Å². The van der Waals surface area contributed by atoms with Gasteiger partial charge in [0.1, 0.15) is 5.15 Å². The minimum Gasteiger partial charge on any atom is -0.228 e. The summed E-state index contributed by atoms with van der Waals surface area (Å²) in [6, 6.07) is 9.59. The summed E-state index contributed by atoms with van der Waals surface area (Å²) in [6.07, 6.45) is 0. The summed E-state index contributed by atoms with van der Waals surface area (Å²) in [5.41, 5.74) is 2.10. The first-order valence-corrected chi connectivity index (χ1v) is 6.32. The van der Waals surface area contributed by atoms with Crippen molar-refractivity contribution in [3.05, 3.63) is 58.7 Å². The molecule has 0 atom stereocenters. The standard InChI is InChI=1S/C15H9ClF2N2/c1-8-3-2-4-9(5-8)15-19-13-7-12(18)11(17)6-10(13)14(16)20-15/h2-7H,1H3. The molecule has 0 N–H and O–H groups in total. The maximum absolute atomic E-state index is 13.3. The predicted molar refractivity (Wildman–Crippen MR) is 74.6 cm³/mol. The maximum Gasteiger partial charge on any atom is 0.161 e. The van der Waals surface area contributed by atoms with E-state index in [2.05, 4.69) is 9.97 Å². The molecule has 0 amide bonds. The van der Waals surface area contributed by atoms with Crippen molar-refractivity contribution in [2.45, 2.75) is 6.92 Å². The minimum absolute atomic E-state index is 0.102. The second-order valence-corrected chi connectivity index (χ2v) is 4.85. The normalized spacial score (nSPS) is 11.0. The number of nitrogens with zero attached hydrogens (tertiary/aromatic N) is 2. The Hall–Kier alpha value is -2.07. The van der Waals surface area contributed by atoms with Gasteiger partial charge in [0.2, 0.25) is 0 Å². The zero-order valence-corrected chi connectivity index (χ0v) is 11.2. The Morgan fingerprint density at radius 1 is 1.00 bits per heavy atom. The van der Waals surface area contributed by atoms with Crippen LogP contribution in [-0.4, -0.2) is 9.97 Å². The number of fused-ring (bicyclic) bond motifs is 1. The van der Waals surface area contributed by atoms with Crippen LogP contribution in [0.5, 0.6) is 0 Å². The predicted octanol–water partition coefficient (Wildman–Crippen LogP) is 4.54. The van der Waals surface area contributed by atoms with Crippen molar-refractivity contribution >= 4 is 22.5 Å². The summed E-state index contributed by atoms with van der Waals surface area (Å²) in [7, 11) is 0. The van der Waals surface area contributed by atoms with Crippen LogP contribution >= 0.6 is 11.6 Å². The van der Waals surface area contributed by atoms with Gasteiger partial charge in [0.25, 0.3) is 0 Å². The molecule has 0 bridgehead atoms. The summed E-state index contributed by atoms with van der Waals surface area (Å²) < 4.78 is 26.5. The third kappa shape index (κ3) is 2.23. The highest BCUT2D eigenvalue weighted by molar-refractivity contribution is 6.34. The second-order valence-electron chi connectivity index (χ2n) is 4.49. The summed E-state index contributed by atoms with van der Waals surface area (Å²) in [4.78, 5) is 8.40. The van der Waals surface area contributed by atoms with Crippen LogP contribution in [0.4, 0.5) is 8.78 Å². The van der Waals surface area contributed by atoms with Gasteiger partial charge in [0.05, 0.1) is 5.52 Å². The number of halogens is 3. The van der Waals surface area contributed by atoms with Gasteiger partial charge in [0.15, 0.2) is 17.5 Å². The van der Waals surface area contributed by atoms with Crippen molar-refractivity contribution in [2.24, 2.45) is 0 Å². The molecule has 0 aliphatic carbocycles. The largest absolute Gasteiger partial charge is 0.228 e. The number of aromatic nitrogens is 2. The fraction of sp³-hybridized carbons (Fsp3) is 0.0667. The van der Waals surface area contributed by atoms with Gasteiger partial charge in [-0.2, -0.15) is 0 Å². The lowest BCUT2D eigenvalue weighted by molar-refractivity contribution is 0.510. The lowest BCUT2D eigenvalue weighted by Crippen LogP contribution is -1.94. The van der Waals surface area contributed by atoms with Crippen LogP contribution in [0, 0.1) is 18.6 Å². The van der Waals surface area contributed by atoms with Crippen LogP contribution in [0.2, 0.25) is 5.15 Å². The molecule has 0 aliphatic rings. The zero-order chi connectivity index (χ0) is 14.3. The molecule has 0 saturated heterocycles. The smallest absolute Gasteiger partial charge is 0.161 e. The average molecular weight is 291 g/mol. The minimum atomic E-state index is -0.966. The molecular weight excluding hydrogens is 282 g/mol. The average Bonchev–Trinajstić information content (AvgIpc) is 2.41. The zero-order valence-electron chi connectivity index (χ0n) is 10.5. The van der Waals surface area contributed by atoms with Gasteiger partial charge in [-0.15, -0.1) is 0 Å². The first-order valence-electron chi connectivity index (χ1n) is 5.94. The number of aryl methyl sites for hydroxylation is 1. The molecule has 2 aromatic carbocycles. The number of rotatable bonds is 1. The van der Waals surface area contributed by atoms with Crippen molar-refractivity contribution in [2.75, 3.05) is 0 Å². The van der Waals surface area contributed by atoms with Gasteiger partial charge < -0.3 is 0 Å². The van der Waals surface area contributed by atoms with E-state index in [4.69, 9.17) is 11.6 Å². The summed E-state index contributed by atoms with van der Waals surface area (Å²) in [6.45, 7) is 1.95. The van der Waals surface area contributed by atoms with Crippen LogP contribution in [-0.2, 0) is 0 Å².